The highest BCUT2D eigenvalue weighted by Gasteiger charge is 2.28. The van der Waals surface area contributed by atoms with Crippen molar-refractivity contribution in [3.8, 4) is 0 Å². The van der Waals surface area contributed by atoms with Crippen LogP contribution in [0.5, 0.6) is 0 Å². The van der Waals surface area contributed by atoms with Crippen LogP contribution in [0.2, 0.25) is 0 Å². The molecule has 2 aromatic rings. The van der Waals surface area contributed by atoms with Gasteiger partial charge in [-0.25, -0.2) is 4.98 Å². The van der Waals surface area contributed by atoms with Gasteiger partial charge in [-0.2, -0.15) is 11.8 Å². The van der Waals surface area contributed by atoms with Crippen LogP contribution < -0.4 is 0 Å². The van der Waals surface area contributed by atoms with Crippen LogP contribution in [0.1, 0.15) is 36.6 Å². The first kappa shape index (κ1) is 17.3. The van der Waals surface area contributed by atoms with Crippen molar-refractivity contribution in [3.05, 3.63) is 29.6 Å². The molecule has 130 valence electrons. The number of hydrogen-bond acceptors (Lipinski definition) is 4. The molecule has 2 heterocycles. The monoisotopic (exact) mass is 347 g/mol. The van der Waals surface area contributed by atoms with Crippen LogP contribution in [0.4, 0.5) is 0 Å². The number of nitrogens with zero attached hydrogens (tertiary/aromatic N) is 2. The van der Waals surface area contributed by atoms with Gasteiger partial charge in [-0.15, -0.1) is 0 Å². The summed E-state index contributed by atoms with van der Waals surface area (Å²) in [4.78, 5) is 22.3. The minimum absolute atomic E-state index is 0.122. The number of benzene rings is 1. The molecule has 0 aliphatic carbocycles. The number of aliphatic hydroxyl groups excluding tert-OH is 1. The van der Waals surface area contributed by atoms with Crippen LogP contribution in [0.25, 0.3) is 11.0 Å². The third kappa shape index (κ3) is 3.59. The molecule has 2 N–H and O–H groups in total. The summed E-state index contributed by atoms with van der Waals surface area (Å²) >= 11 is 1.65. The van der Waals surface area contributed by atoms with E-state index in [0.29, 0.717) is 25.4 Å². The summed E-state index contributed by atoms with van der Waals surface area (Å²) in [5.41, 5.74) is 3.30. The number of H-pyrrole nitrogens is 1. The molecule has 1 aliphatic heterocycles. The topological polar surface area (TPSA) is 69.2 Å². The molecule has 0 unspecified atom stereocenters. The summed E-state index contributed by atoms with van der Waals surface area (Å²) in [5, 5.41) is 9.99. The maximum atomic E-state index is 12.3. The number of aliphatic hydroxyl groups is 1. The summed E-state index contributed by atoms with van der Waals surface area (Å²) in [7, 11) is 0. The Kier molecular flexibility index (Phi) is 5.46. The predicted octanol–water partition coefficient (Wildman–Crippen LogP) is 2.69. The van der Waals surface area contributed by atoms with Crippen LogP contribution in [0, 0.1) is 6.92 Å². The van der Waals surface area contributed by atoms with Gasteiger partial charge in [0.15, 0.2) is 0 Å². The van der Waals surface area contributed by atoms with Gasteiger partial charge in [0.05, 0.1) is 11.0 Å². The summed E-state index contributed by atoms with van der Waals surface area (Å²) < 4.78 is 0. The zero-order chi connectivity index (χ0) is 17.1. The van der Waals surface area contributed by atoms with Gasteiger partial charge in [-0.05, 0) is 49.8 Å². The van der Waals surface area contributed by atoms with E-state index in [9.17, 15) is 9.90 Å². The fraction of sp³-hybridized carbons (Fsp3) is 0.556. The molecular weight excluding hydrogens is 322 g/mol. The molecule has 24 heavy (non-hydrogen) atoms. The Hall–Kier alpha value is -1.53. The number of nitrogens with one attached hydrogen (secondary N) is 1. The second-order valence-corrected chi connectivity index (χ2v) is 7.48. The molecule has 0 spiro atoms. The van der Waals surface area contributed by atoms with Gasteiger partial charge >= 0.3 is 0 Å². The predicted molar refractivity (Wildman–Crippen MR) is 98.4 cm³/mol. The summed E-state index contributed by atoms with van der Waals surface area (Å²) in [6.45, 7) is 3.45. The van der Waals surface area contributed by atoms with Crippen LogP contribution >= 0.6 is 11.8 Å². The van der Waals surface area contributed by atoms with E-state index in [1.54, 1.807) is 16.7 Å². The molecule has 0 bridgehead atoms. The number of aromatic amines is 1. The maximum absolute atomic E-state index is 12.3. The molecule has 1 amide bonds. The lowest BCUT2D eigenvalue weighted by atomic mass is 9.95. The van der Waals surface area contributed by atoms with E-state index < -0.39 is 6.10 Å². The SMILES string of the molecule is CSCC[C@H](O)C(=O)N1CCC(c2nc3c(C)cccc3[nH]2)CC1. The average Bonchev–Trinajstić information content (AvgIpc) is 3.05. The quantitative estimate of drug-likeness (QED) is 0.872. The fourth-order valence-corrected chi connectivity index (χ4v) is 3.78. The van der Waals surface area contributed by atoms with Crippen molar-refractivity contribution in [3.63, 3.8) is 0 Å². The zero-order valence-electron chi connectivity index (χ0n) is 14.3. The Morgan fingerprint density at radius 1 is 1.46 bits per heavy atom. The van der Waals surface area contributed by atoms with Crippen molar-refractivity contribution in [1.29, 1.82) is 0 Å². The molecule has 1 atom stereocenters. The lowest BCUT2D eigenvalue weighted by molar-refractivity contribution is -0.141. The summed E-state index contributed by atoms with van der Waals surface area (Å²) in [5.74, 6) is 2.06. The van der Waals surface area contributed by atoms with Gasteiger partial charge in [0.25, 0.3) is 5.91 Å². The molecule has 1 fully saturated rings. The Morgan fingerprint density at radius 3 is 2.88 bits per heavy atom. The zero-order valence-corrected chi connectivity index (χ0v) is 15.1. The Balaban J connectivity index is 1.62. The maximum Gasteiger partial charge on any atom is 0.251 e. The van der Waals surface area contributed by atoms with Crippen molar-refractivity contribution < 1.29 is 9.90 Å². The van der Waals surface area contributed by atoms with Gasteiger partial charge < -0.3 is 15.0 Å². The molecule has 6 heteroatoms. The number of hydrogen-bond donors (Lipinski definition) is 2. The van der Waals surface area contributed by atoms with E-state index >= 15 is 0 Å². The van der Waals surface area contributed by atoms with E-state index in [1.807, 2.05) is 12.3 Å². The normalized spacial score (nSPS) is 17.4. The molecule has 0 saturated carbocycles. The van der Waals surface area contributed by atoms with Crippen molar-refractivity contribution in [2.75, 3.05) is 25.1 Å². The van der Waals surface area contributed by atoms with E-state index in [4.69, 9.17) is 4.98 Å². The largest absolute Gasteiger partial charge is 0.383 e. The standard InChI is InChI=1S/C18H25N3O2S/c1-12-4-3-5-14-16(12)20-17(19-14)13-6-9-21(10-7-13)18(23)15(22)8-11-24-2/h3-5,13,15,22H,6-11H2,1-2H3,(H,19,20)/t15-/m0/s1. The highest BCUT2D eigenvalue weighted by atomic mass is 32.2. The second-order valence-electron chi connectivity index (χ2n) is 6.49. The summed E-state index contributed by atoms with van der Waals surface area (Å²) in [6.07, 6.45) is 3.43. The van der Waals surface area contributed by atoms with Gasteiger partial charge in [-0.1, -0.05) is 12.1 Å². The average molecular weight is 347 g/mol. The summed E-state index contributed by atoms with van der Waals surface area (Å²) in [6, 6.07) is 6.17. The molecule has 1 aromatic carbocycles. The molecule has 0 radical (unpaired) electrons. The number of fused-ring (bicyclic) bond motifs is 1. The number of carbonyl (C=O) groups is 1. The smallest absolute Gasteiger partial charge is 0.251 e. The van der Waals surface area contributed by atoms with E-state index in [2.05, 4.69) is 24.0 Å². The van der Waals surface area contributed by atoms with Gasteiger partial charge in [-0.3, -0.25) is 4.79 Å². The number of likely N-dealkylation sites (tertiary alicyclic amines) is 1. The highest BCUT2D eigenvalue weighted by molar-refractivity contribution is 7.98. The third-order valence-corrected chi connectivity index (χ3v) is 5.45. The molecule has 5 nitrogen and oxygen atoms in total. The molecular formula is C18H25N3O2S. The van der Waals surface area contributed by atoms with Gasteiger partial charge in [0.1, 0.15) is 11.9 Å². The number of rotatable bonds is 5. The van der Waals surface area contributed by atoms with Crippen molar-refractivity contribution >= 4 is 28.7 Å². The van der Waals surface area contributed by atoms with E-state index in [-0.39, 0.29) is 5.91 Å². The van der Waals surface area contributed by atoms with Gasteiger partial charge in [0.2, 0.25) is 0 Å². The van der Waals surface area contributed by atoms with Crippen LogP contribution in [-0.4, -0.2) is 57.1 Å². The lowest BCUT2D eigenvalue weighted by Crippen LogP contribution is -2.43. The Labute approximate surface area is 146 Å². The van der Waals surface area contributed by atoms with E-state index in [0.717, 1.165) is 35.5 Å². The fourth-order valence-electron chi connectivity index (χ4n) is 3.32. The lowest BCUT2D eigenvalue weighted by Gasteiger charge is -2.32. The Morgan fingerprint density at radius 2 is 2.21 bits per heavy atom. The van der Waals surface area contributed by atoms with Crippen molar-refractivity contribution in [2.24, 2.45) is 0 Å². The number of aromatic nitrogens is 2. The second kappa shape index (κ2) is 7.57. The van der Waals surface area contributed by atoms with Gasteiger partial charge in [0, 0.05) is 19.0 Å². The van der Waals surface area contributed by atoms with E-state index in [1.165, 1.54) is 5.56 Å². The first-order chi connectivity index (χ1) is 11.6. The molecule has 1 saturated heterocycles. The minimum atomic E-state index is -0.858. The third-order valence-electron chi connectivity index (χ3n) is 4.81. The number of thioether (sulfide) groups is 1. The van der Waals surface area contributed by atoms with Crippen LogP contribution in [0.3, 0.4) is 0 Å². The molecule has 1 aliphatic rings. The minimum Gasteiger partial charge on any atom is -0.383 e. The number of para-hydroxylation sites is 1. The number of piperidine rings is 1. The molecule has 1 aromatic heterocycles. The number of imidazole rings is 1. The first-order valence-electron chi connectivity index (χ1n) is 8.51. The highest BCUT2D eigenvalue weighted by Crippen LogP contribution is 2.28. The van der Waals surface area contributed by atoms with Crippen LogP contribution in [-0.2, 0) is 4.79 Å². The number of carbonyl (C=O) groups excluding carboxylic acids is 1. The van der Waals surface area contributed by atoms with Crippen LogP contribution in [0.15, 0.2) is 18.2 Å². The molecule has 3 rings (SSSR count). The first-order valence-corrected chi connectivity index (χ1v) is 9.90. The number of aryl methyl sites for hydroxylation is 1. The number of amides is 1. The van der Waals surface area contributed by atoms with Crippen molar-refractivity contribution in [1.82, 2.24) is 14.9 Å². The Bertz CT molecular complexity index is 707. The van der Waals surface area contributed by atoms with Crippen molar-refractivity contribution in [2.45, 2.75) is 38.2 Å².